The number of nitrogens with one attached hydrogen (secondary N) is 1. The van der Waals surface area contributed by atoms with E-state index in [1.54, 1.807) is 25.3 Å². The number of amides is 2. The number of piperidine rings is 1. The third-order valence-corrected chi connectivity index (χ3v) is 5.02. The average molecular weight is 412 g/mol. The van der Waals surface area contributed by atoms with Crippen molar-refractivity contribution in [2.24, 2.45) is 0 Å². The molecule has 2 heterocycles. The molecule has 1 aromatic rings. The van der Waals surface area contributed by atoms with Crippen molar-refractivity contribution in [1.82, 2.24) is 15.1 Å². The molecule has 1 aromatic carbocycles. The predicted molar refractivity (Wildman–Crippen MR) is 110 cm³/mol. The first-order valence-corrected chi connectivity index (χ1v) is 9.63. The second kappa shape index (κ2) is 9.98. The molecule has 0 radical (unpaired) electrons. The van der Waals surface area contributed by atoms with Crippen molar-refractivity contribution in [3.05, 3.63) is 23.8 Å². The molecule has 1 N–H and O–H groups in total. The zero-order valence-corrected chi connectivity index (χ0v) is 17.6. The van der Waals surface area contributed by atoms with Crippen LogP contribution >= 0.6 is 12.4 Å². The van der Waals surface area contributed by atoms with Crippen molar-refractivity contribution in [3.8, 4) is 11.5 Å². The summed E-state index contributed by atoms with van der Waals surface area (Å²) in [5.74, 6) is 1.28. The van der Waals surface area contributed by atoms with Crippen molar-refractivity contribution in [1.29, 1.82) is 0 Å². The maximum atomic E-state index is 13.0. The lowest BCUT2D eigenvalue weighted by Crippen LogP contribution is -2.57. The van der Waals surface area contributed by atoms with Crippen LogP contribution in [0, 0.1) is 0 Å². The molecule has 3 rings (SSSR count). The molecule has 156 valence electrons. The van der Waals surface area contributed by atoms with E-state index in [1.807, 2.05) is 23.6 Å². The van der Waals surface area contributed by atoms with Gasteiger partial charge in [0.2, 0.25) is 5.91 Å². The Morgan fingerprint density at radius 2 is 2.04 bits per heavy atom. The molecule has 1 unspecified atom stereocenters. The second-order valence-electron chi connectivity index (χ2n) is 7.34. The van der Waals surface area contributed by atoms with Gasteiger partial charge in [-0.3, -0.25) is 9.59 Å². The number of piperazine rings is 1. The molecule has 2 aliphatic rings. The van der Waals surface area contributed by atoms with Gasteiger partial charge in [0.15, 0.2) is 11.5 Å². The first-order chi connectivity index (χ1) is 13.0. The number of carbonyl (C=O) groups excluding carboxylic acids is 2. The highest BCUT2D eigenvalue weighted by Gasteiger charge is 2.32. The van der Waals surface area contributed by atoms with Crippen molar-refractivity contribution in [3.63, 3.8) is 0 Å². The number of benzene rings is 1. The van der Waals surface area contributed by atoms with Crippen LogP contribution in [0.4, 0.5) is 0 Å². The number of likely N-dealkylation sites (tertiary alicyclic amines) is 1. The van der Waals surface area contributed by atoms with Gasteiger partial charge in [-0.05, 0) is 44.9 Å². The van der Waals surface area contributed by atoms with Gasteiger partial charge in [0.05, 0.1) is 19.8 Å². The highest BCUT2D eigenvalue weighted by Crippen LogP contribution is 2.30. The average Bonchev–Trinajstić information content (AvgIpc) is 2.68. The lowest BCUT2D eigenvalue weighted by molar-refractivity contribution is -0.135. The van der Waals surface area contributed by atoms with Crippen LogP contribution in [0.1, 0.15) is 37.0 Å². The van der Waals surface area contributed by atoms with E-state index in [1.165, 1.54) is 0 Å². The summed E-state index contributed by atoms with van der Waals surface area (Å²) in [6, 6.07) is 5.40. The molecule has 7 nitrogen and oxygen atoms in total. The Balaban J connectivity index is 0.00000280. The van der Waals surface area contributed by atoms with Gasteiger partial charge in [-0.25, -0.2) is 0 Å². The van der Waals surface area contributed by atoms with Crippen LogP contribution in [0.5, 0.6) is 11.5 Å². The van der Waals surface area contributed by atoms with Crippen LogP contribution in [0.3, 0.4) is 0 Å². The summed E-state index contributed by atoms with van der Waals surface area (Å²) < 4.78 is 11.1. The molecule has 0 bridgehead atoms. The molecular weight excluding hydrogens is 382 g/mol. The Bertz CT molecular complexity index is 698. The fourth-order valence-electron chi connectivity index (χ4n) is 3.74. The fourth-order valence-corrected chi connectivity index (χ4v) is 3.74. The molecule has 28 heavy (non-hydrogen) atoms. The maximum Gasteiger partial charge on any atom is 0.254 e. The van der Waals surface area contributed by atoms with E-state index < -0.39 is 0 Å². The molecular formula is C20H30ClN3O4. The van der Waals surface area contributed by atoms with Crippen LogP contribution in [-0.2, 0) is 4.79 Å². The van der Waals surface area contributed by atoms with E-state index in [0.29, 0.717) is 43.2 Å². The molecule has 0 aliphatic carbocycles. The van der Waals surface area contributed by atoms with E-state index >= 15 is 0 Å². The smallest absolute Gasteiger partial charge is 0.254 e. The van der Waals surface area contributed by atoms with Gasteiger partial charge in [-0.2, -0.15) is 0 Å². The van der Waals surface area contributed by atoms with Gasteiger partial charge < -0.3 is 24.6 Å². The monoisotopic (exact) mass is 411 g/mol. The number of nitrogens with zero attached hydrogens (tertiary/aromatic N) is 2. The van der Waals surface area contributed by atoms with Crippen LogP contribution in [0.2, 0.25) is 0 Å². The SMILES string of the molecule is COc1cc(C(=O)N2CCCC(N3CCNCC3=O)C2)ccc1OC(C)C.Cl. The number of ether oxygens (including phenoxy) is 2. The van der Waals surface area contributed by atoms with Crippen LogP contribution in [-0.4, -0.2) is 73.6 Å². The van der Waals surface area contributed by atoms with Gasteiger partial charge in [-0.15, -0.1) is 12.4 Å². The Hall–Kier alpha value is -1.99. The van der Waals surface area contributed by atoms with E-state index in [0.717, 1.165) is 19.4 Å². The van der Waals surface area contributed by atoms with Crippen LogP contribution in [0.25, 0.3) is 0 Å². The number of hydrogen-bond donors (Lipinski definition) is 1. The highest BCUT2D eigenvalue weighted by atomic mass is 35.5. The molecule has 1 atom stereocenters. The lowest BCUT2D eigenvalue weighted by atomic mass is 10.0. The summed E-state index contributed by atoms with van der Waals surface area (Å²) in [5.41, 5.74) is 0.579. The molecule has 8 heteroatoms. The first kappa shape index (κ1) is 22.3. The summed E-state index contributed by atoms with van der Waals surface area (Å²) in [7, 11) is 1.57. The fraction of sp³-hybridized carbons (Fsp3) is 0.600. The topological polar surface area (TPSA) is 71.1 Å². The number of methoxy groups -OCH3 is 1. The molecule has 0 aromatic heterocycles. The molecule has 2 aliphatic heterocycles. The van der Waals surface area contributed by atoms with Crippen molar-refractivity contribution in [2.75, 3.05) is 39.8 Å². The highest BCUT2D eigenvalue weighted by molar-refractivity contribution is 5.95. The summed E-state index contributed by atoms with van der Waals surface area (Å²) in [5, 5.41) is 3.10. The van der Waals surface area contributed by atoms with Gasteiger partial charge in [0, 0.05) is 37.8 Å². The van der Waals surface area contributed by atoms with Gasteiger partial charge in [0.25, 0.3) is 5.91 Å². The van der Waals surface area contributed by atoms with Crippen LogP contribution in [0.15, 0.2) is 18.2 Å². The summed E-state index contributed by atoms with van der Waals surface area (Å²) in [4.78, 5) is 29.0. The second-order valence-corrected chi connectivity index (χ2v) is 7.34. The van der Waals surface area contributed by atoms with Gasteiger partial charge in [0.1, 0.15) is 0 Å². The third kappa shape index (κ3) is 5.08. The maximum absolute atomic E-state index is 13.0. The van der Waals surface area contributed by atoms with Gasteiger partial charge in [-0.1, -0.05) is 0 Å². The Morgan fingerprint density at radius 3 is 2.71 bits per heavy atom. The van der Waals surface area contributed by atoms with Gasteiger partial charge >= 0.3 is 0 Å². The predicted octanol–water partition coefficient (Wildman–Crippen LogP) is 1.94. The number of halogens is 1. The van der Waals surface area contributed by atoms with E-state index in [9.17, 15) is 9.59 Å². The summed E-state index contributed by atoms with van der Waals surface area (Å²) in [6.07, 6.45) is 1.87. The van der Waals surface area contributed by atoms with E-state index in [4.69, 9.17) is 9.47 Å². The lowest BCUT2D eigenvalue weighted by Gasteiger charge is -2.41. The summed E-state index contributed by atoms with van der Waals surface area (Å²) >= 11 is 0. The largest absolute Gasteiger partial charge is 0.493 e. The number of rotatable bonds is 5. The van der Waals surface area contributed by atoms with Crippen molar-refractivity contribution >= 4 is 24.2 Å². The molecule has 0 spiro atoms. The number of hydrogen-bond acceptors (Lipinski definition) is 5. The molecule has 2 fully saturated rings. The third-order valence-electron chi connectivity index (χ3n) is 5.02. The summed E-state index contributed by atoms with van der Waals surface area (Å²) in [6.45, 7) is 7.09. The quantitative estimate of drug-likeness (QED) is 0.801. The zero-order chi connectivity index (χ0) is 19.4. The normalized spacial score (nSPS) is 20.0. The van der Waals surface area contributed by atoms with Crippen molar-refractivity contribution < 1.29 is 19.1 Å². The molecule has 2 amide bonds. The number of carbonyl (C=O) groups is 2. The first-order valence-electron chi connectivity index (χ1n) is 9.63. The van der Waals surface area contributed by atoms with E-state index in [-0.39, 0.29) is 36.4 Å². The molecule has 0 saturated carbocycles. The Kier molecular flexibility index (Phi) is 7.95. The van der Waals surface area contributed by atoms with E-state index in [2.05, 4.69) is 5.32 Å². The van der Waals surface area contributed by atoms with Crippen LogP contribution < -0.4 is 14.8 Å². The van der Waals surface area contributed by atoms with Crippen molar-refractivity contribution in [2.45, 2.75) is 38.8 Å². The Morgan fingerprint density at radius 1 is 1.25 bits per heavy atom. The Labute approximate surface area is 172 Å². The standard InChI is InChI=1S/C20H29N3O4.ClH/c1-14(2)27-17-7-6-15(11-18(17)26-3)20(25)22-9-4-5-16(13-22)23-10-8-21-12-19(23)24;/h6-7,11,14,16,21H,4-5,8-10,12-13H2,1-3H3;1H. The molecule has 2 saturated heterocycles. The minimum Gasteiger partial charge on any atom is -0.493 e. The minimum absolute atomic E-state index is 0. The zero-order valence-electron chi connectivity index (χ0n) is 16.8. The minimum atomic E-state index is -0.0309.